The largest absolute Gasteiger partial charge is 0.345 e. The van der Waals surface area contributed by atoms with Crippen molar-refractivity contribution in [2.75, 3.05) is 26.7 Å². The summed E-state index contributed by atoms with van der Waals surface area (Å²) in [4.78, 5) is 20.9. The number of rotatable bonds is 2. The Labute approximate surface area is 147 Å². The van der Waals surface area contributed by atoms with Gasteiger partial charge in [-0.3, -0.25) is 4.79 Å². The second-order valence-electron chi connectivity index (χ2n) is 7.27. The fourth-order valence-corrected chi connectivity index (χ4v) is 5.78. The number of nitrogens with one attached hydrogen (secondary N) is 1. The number of H-pyrrole nitrogens is 1. The Morgan fingerprint density at radius 1 is 1.24 bits per heavy atom. The van der Waals surface area contributed by atoms with Crippen molar-refractivity contribution in [1.82, 2.24) is 19.2 Å². The van der Waals surface area contributed by atoms with Crippen LogP contribution in [0.1, 0.15) is 25.7 Å². The SMILES string of the molecule is CN1CC2(CCCN(S(=O)(=O)c3ccc4nc[nH]c4c3)C2)CCC1=O. The van der Waals surface area contributed by atoms with Crippen LogP contribution in [0.5, 0.6) is 0 Å². The van der Waals surface area contributed by atoms with Gasteiger partial charge in [-0.1, -0.05) is 0 Å². The molecule has 1 unspecified atom stereocenters. The van der Waals surface area contributed by atoms with E-state index in [1.807, 2.05) is 7.05 Å². The minimum absolute atomic E-state index is 0.119. The van der Waals surface area contributed by atoms with E-state index in [2.05, 4.69) is 9.97 Å². The number of piperidine rings is 2. The van der Waals surface area contributed by atoms with Crippen LogP contribution < -0.4 is 0 Å². The lowest BCUT2D eigenvalue weighted by Gasteiger charge is -2.46. The van der Waals surface area contributed by atoms with E-state index < -0.39 is 10.0 Å². The molecule has 1 spiro atoms. The van der Waals surface area contributed by atoms with Crippen LogP contribution in [0.3, 0.4) is 0 Å². The average Bonchev–Trinajstić information content (AvgIpc) is 3.06. The lowest BCUT2D eigenvalue weighted by Crippen LogP contribution is -2.54. The van der Waals surface area contributed by atoms with Crippen molar-refractivity contribution in [1.29, 1.82) is 0 Å². The van der Waals surface area contributed by atoms with Crippen molar-refractivity contribution >= 4 is 27.0 Å². The van der Waals surface area contributed by atoms with Gasteiger partial charge in [0.25, 0.3) is 0 Å². The van der Waals surface area contributed by atoms with Gasteiger partial charge in [-0.15, -0.1) is 0 Å². The highest BCUT2D eigenvalue weighted by Crippen LogP contribution is 2.40. The molecule has 0 aliphatic carbocycles. The number of aromatic nitrogens is 2. The molecule has 2 fully saturated rings. The van der Waals surface area contributed by atoms with Crippen molar-refractivity contribution in [2.45, 2.75) is 30.6 Å². The van der Waals surface area contributed by atoms with Gasteiger partial charge >= 0.3 is 0 Å². The van der Waals surface area contributed by atoms with Gasteiger partial charge in [0.1, 0.15) is 0 Å². The number of imidazole rings is 1. The van der Waals surface area contributed by atoms with Gasteiger partial charge < -0.3 is 9.88 Å². The summed E-state index contributed by atoms with van der Waals surface area (Å²) in [5, 5.41) is 0. The Hall–Kier alpha value is -1.93. The van der Waals surface area contributed by atoms with Gasteiger partial charge in [0.2, 0.25) is 15.9 Å². The third kappa shape index (κ3) is 2.83. The van der Waals surface area contributed by atoms with Gasteiger partial charge in [-0.05, 0) is 37.5 Å². The van der Waals surface area contributed by atoms with E-state index >= 15 is 0 Å². The monoisotopic (exact) mass is 362 g/mol. The fourth-order valence-electron chi connectivity index (χ4n) is 4.16. The maximum Gasteiger partial charge on any atom is 0.243 e. The number of hydrogen-bond donors (Lipinski definition) is 1. The average molecular weight is 362 g/mol. The number of likely N-dealkylation sites (tertiary alicyclic amines) is 1. The molecule has 1 aromatic carbocycles. The first-order valence-corrected chi connectivity index (χ1v) is 10.0. The van der Waals surface area contributed by atoms with E-state index in [1.165, 1.54) is 0 Å². The number of hydrogen-bond acceptors (Lipinski definition) is 4. The molecule has 1 atom stereocenters. The molecule has 0 bridgehead atoms. The van der Waals surface area contributed by atoms with Crippen molar-refractivity contribution in [3.63, 3.8) is 0 Å². The molecule has 4 rings (SSSR count). The molecule has 2 aliphatic heterocycles. The molecule has 3 heterocycles. The Kier molecular flexibility index (Phi) is 3.84. The molecular weight excluding hydrogens is 340 g/mol. The smallest absolute Gasteiger partial charge is 0.243 e. The van der Waals surface area contributed by atoms with Crippen LogP contribution in [0.15, 0.2) is 29.4 Å². The lowest BCUT2D eigenvalue weighted by molar-refractivity contribution is -0.136. The molecule has 25 heavy (non-hydrogen) atoms. The summed E-state index contributed by atoms with van der Waals surface area (Å²) in [7, 11) is -1.75. The minimum atomic E-state index is -3.56. The molecule has 2 aromatic rings. The number of fused-ring (bicyclic) bond motifs is 1. The highest BCUT2D eigenvalue weighted by Gasteiger charge is 2.43. The second kappa shape index (κ2) is 5.81. The number of sulfonamides is 1. The minimum Gasteiger partial charge on any atom is -0.345 e. The van der Waals surface area contributed by atoms with Crippen molar-refractivity contribution in [3.8, 4) is 0 Å². The van der Waals surface area contributed by atoms with E-state index in [1.54, 1.807) is 33.7 Å². The number of aromatic amines is 1. The van der Waals surface area contributed by atoms with E-state index in [0.717, 1.165) is 30.3 Å². The normalized spacial score (nSPS) is 25.8. The quantitative estimate of drug-likeness (QED) is 0.879. The maximum absolute atomic E-state index is 13.1. The molecule has 134 valence electrons. The molecule has 2 saturated heterocycles. The fraction of sp³-hybridized carbons (Fsp3) is 0.529. The van der Waals surface area contributed by atoms with Crippen molar-refractivity contribution < 1.29 is 13.2 Å². The Morgan fingerprint density at radius 2 is 2.08 bits per heavy atom. The molecule has 1 amide bonds. The number of benzene rings is 1. The van der Waals surface area contributed by atoms with Gasteiger partial charge in [0.05, 0.1) is 22.3 Å². The molecule has 0 radical (unpaired) electrons. The summed E-state index contributed by atoms with van der Waals surface area (Å²) >= 11 is 0. The summed E-state index contributed by atoms with van der Waals surface area (Å²) in [5.41, 5.74) is 1.35. The van der Waals surface area contributed by atoms with E-state index in [9.17, 15) is 13.2 Å². The van der Waals surface area contributed by atoms with Gasteiger partial charge in [-0.2, -0.15) is 4.31 Å². The predicted molar refractivity (Wildman–Crippen MR) is 93.4 cm³/mol. The molecule has 7 nitrogen and oxygen atoms in total. The molecule has 8 heteroatoms. The third-order valence-corrected chi connectivity index (χ3v) is 7.36. The molecule has 1 aromatic heterocycles. The van der Waals surface area contributed by atoms with Crippen LogP contribution in [-0.4, -0.2) is 60.2 Å². The van der Waals surface area contributed by atoms with Crippen molar-refractivity contribution in [3.05, 3.63) is 24.5 Å². The molecule has 1 N–H and O–H groups in total. The zero-order valence-electron chi connectivity index (χ0n) is 14.2. The second-order valence-corrected chi connectivity index (χ2v) is 9.21. The van der Waals surface area contributed by atoms with Gasteiger partial charge in [0, 0.05) is 38.5 Å². The summed E-state index contributed by atoms with van der Waals surface area (Å²) < 4.78 is 27.9. The highest BCUT2D eigenvalue weighted by molar-refractivity contribution is 7.89. The Balaban J connectivity index is 1.62. The number of carbonyl (C=O) groups is 1. The summed E-state index contributed by atoms with van der Waals surface area (Å²) in [6.45, 7) is 1.65. The van der Waals surface area contributed by atoms with Crippen LogP contribution in [0.25, 0.3) is 11.0 Å². The molecule has 2 aliphatic rings. The standard InChI is InChI=1S/C17H22N4O3S/c1-20-10-17(7-5-16(20)22)6-2-8-21(11-17)25(23,24)13-3-4-14-15(9-13)19-12-18-14/h3-4,9,12H,2,5-8,10-11H2,1H3,(H,18,19). The first-order chi connectivity index (χ1) is 11.9. The number of carbonyl (C=O) groups excluding carboxylic acids is 1. The van der Waals surface area contributed by atoms with Crippen LogP contribution >= 0.6 is 0 Å². The maximum atomic E-state index is 13.1. The van der Waals surface area contributed by atoms with E-state index in [0.29, 0.717) is 31.0 Å². The van der Waals surface area contributed by atoms with Crippen LogP contribution in [0, 0.1) is 5.41 Å². The zero-order valence-corrected chi connectivity index (χ0v) is 15.1. The number of nitrogens with zero attached hydrogens (tertiary/aromatic N) is 3. The summed E-state index contributed by atoms with van der Waals surface area (Å²) in [5.74, 6) is 0.148. The van der Waals surface area contributed by atoms with E-state index in [4.69, 9.17) is 0 Å². The summed E-state index contributed by atoms with van der Waals surface area (Å²) in [6.07, 6.45) is 4.63. The highest BCUT2D eigenvalue weighted by atomic mass is 32.2. The van der Waals surface area contributed by atoms with E-state index in [-0.39, 0.29) is 11.3 Å². The zero-order chi connectivity index (χ0) is 17.7. The van der Waals surface area contributed by atoms with Crippen LogP contribution in [0.2, 0.25) is 0 Å². The van der Waals surface area contributed by atoms with Crippen LogP contribution in [-0.2, 0) is 14.8 Å². The first-order valence-electron chi connectivity index (χ1n) is 8.57. The number of amides is 1. The molecule has 0 saturated carbocycles. The molecular formula is C17H22N4O3S. The topological polar surface area (TPSA) is 86.4 Å². The van der Waals surface area contributed by atoms with Gasteiger partial charge in [0.15, 0.2) is 0 Å². The Bertz CT molecular complexity index is 923. The predicted octanol–water partition coefficient (Wildman–Crippen LogP) is 1.59. The van der Waals surface area contributed by atoms with Crippen LogP contribution in [0.4, 0.5) is 0 Å². The lowest BCUT2D eigenvalue weighted by atomic mass is 9.74. The Morgan fingerprint density at radius 3 is 2.88 bits per heavy atom. The first kappa shape index (κ1) is 16.5. The van der Waals surface area contributed by atoms with Crippen molar-refractivity contribution in [2.24, 2.45) is 5.41 Å². The van der Waals surface area contributed by atoms with Gasteiger partial charge in [-0.25, -0.2) is 13.4 Å². The summed E-state index contributed by atoms with van der Waals surface area (Å²) in [6, 6.07) is 5.00. The third-order valence-electron chi connectivity index (χ3n) is 5.52.